The van der Waals surface area contributed by atoms with Crippen molar-refractivity contribution < 1.29 is 13.2 Å². The monoisotopic (exact) mass is 424 g/mol. The van der Waals surface area contributed by atoms with E-state index in [0.717, 1.165) is 43.2 Å². The highest BCUT2D eigenvalue weighted by Gasteiger charge is 2.33. The first-order chi connectivity index (χ1) is 13.9. The molecule has 2 rings (SSSR count). The van der Waals surface area contributed by atoms with Crippen LogP contribution in [0.15, 0.2) is 29.3 Å². The second-order valence-electron chi connectivity index (χ2n) is 7.78. The van der Waals surface area contributed by atoms with Gasteiger partial charge in [0.05, 0.1) is 12.3 Å². The average Bonchev–Trinajstić information content (AvgIpc) is 3.18. The molecule has 7 nitrogen and oxygen atoms in total. The van der Waals surface area contributed by atoms with Crippen LogP contribution in [0, 0.1) is 5.41 Å². The molecule has 0 aliphatic heterocycles. The third kappa shape index (κ3) is 7.95. The summed E-state index contributed by atoms with van der Waals surface area (Å²) in [4.78, 5) is 4.71. The smallest absolute Gasteiger partial charge is 0.215 e. The zero-order valence-corrected chi connectivity index (χ0v) is 18.8. The lowest BCUT2D eigenvalue weighted by Crippen LogP contribution is -2.43. The van der Waals surface area contributed by atoms with E-state index in [0.29, 0.717) is 6.54 Å². The van der Waals surface area contributed by atoms with Crippen molar-refractivity contribution in [2.24, 2.45) is 10.4 Å². The second-order valence-corrected chi connectivity index (χ2v) is 9.71. The van der Waals surface area contributed by atoms with Crippen LogP contribution < -0.4 is 15.4 Å². The van der Waals surface area contributed by atoms with Gasteiger partial charge in [-0.15, -0.1) is 0 Å². The van der Waals surface area contributed by atoms with Crippen molar-refractivity contribution in [3.63, 3.8) is 0 Å². The average molecular weight is 425 g/mol. The van der Waals surface area contributed by atoms with E-state index in [1.165, 1.54) is 32.7 Å². The number of ether oxygens (including phenoxy) is 1. The summed E-state index contributed by atoms with van der Waals surface area (Å²) in [5.74, 6) is 0.769. The standard InChI is InChI=1S/C21H36N4O3S/c1-4-23-20(25-17-21(12-13-28-3)10-5-6-11-21)24-15-18-8-7-9-19(14-18)16-29(26,27)22-2/h7-9,14,22H,4-6,10-13,15-17H2,1-3H3,(H2,23,24,25). The molecule has 0 unspecified atom stereocenters. The Morgan fingerprint density at radius 3 is 2.59 bits per heavy atom. The third-order valence-corrected chi connectivity index (χ3v) is 6.89. The zero-order chi connectivity index (χ0) is 21.2. The van der Waals surface area contributed by atoms with Crippen LogP contribution in [-0.2, 0) is 27.1 Å². The predicted octanol–water partition coefficient (Wildman–Crippen LogP) is 2.39. The maximum absolute atomic E-state index is 11.8. The number of hydrogen-bond donors (Lipinski definition) is 3. The highest BCUT2D eigenvalue weighted by molar-refractivity contribution is 7.88. The lowest BCUT2D eigenvalue weighted by atomic mass is 9.83. The fraction of sp³-hybridized carbons (Fsp3) is 0.667. The van der Waals surface area contributed by atoms with Crippen molar-refractivity contribution in [1.29, 1.82) is 0 Å². The van der Waals surface area contributed by atoms with Gasteiger partial charge in [-0.1, -0.05) is 37.1 Å². The van der Waals surface area contributed by atoms with Crippen LogP contribution in [-0.4, -0.2) is 48.2 Å². The summed E-state index contributed by atoms with van der Waals surface area (Å²) < 4.78 is 31.2. The fourth-order valence-corrected chi connectivity index (χ4v) is 4.61. The van der Waals surface area contributed by atoms with E-state index in [1.54, 1.807) is 7.11 Å². The van der Waals surface area contributed by atoms with Crippen molar-refractivity contribution in [2.45, 2.75) is 51.3 Å². The van der Waals surface area contributed by atoms with E-state index in [1.807, 2.05) is 24.3 Å². The molecule has 3 N–H and O–H groups in total. The van der Waals surface area contributed by atoms with Crippen LogP contribution in [0.25, 0.3) is 0 Å². The van der Waals surface area contributed by atoms with E-state index < -0.39 is 10.0 Å². The highest BCUT2D eigenvalue weighted by Crippen LogP contribution is 2.40. The van der Waals surface area contributed by atoms with Crippen molar-refractivity contribution in [2.75, 3.05) is 33.9 Å². The molecule has 8 heteroatoms. The topological polar surface area (TPSA) is 91.8 Å². The molecule has 0 aromatic heterocycles. The van der Waals surface area contributed by atoms with Gasteiger partial charge in [0.1, 0.15) is 0 Å². The number of hydrogen-bond acceptors (Lipinski definition) is 4. The minimum absolute atomic E-state index is 0.0264. The molecule has 1 aliphatic rings. The molecule has 29 heavy (non-hydrogen) atoms. The van der Waals surface area contributed by atoms with Crippen molar-refractivity contribution >= 4 is 16.0 Å². The maximum Gasteiger partial charge on any atom is 0.215 e. The second kappa shape index (κ2) is 11.5. The van der Waals surface area contributed by atoms with Gasteiger partial charge in [0.2, 0.25) is 10.0 Å². The Kier molecular flexibility index (Phi) is 9.39. The normalized spacial score (nSPS) is 16.7. The van der Waals surface area contributed by atoms with Gasteiger partial charge in [0.25, 0.3) is 0 Å². The van der Waals surface area contributed by atoms with Gasteiger partial charge in [0.15, 0.2) is 5.96 Å². The van der Waals surface area contributed by atoms with Crippen molar-refractivity contribution in [3.05, 3.63) is 35.4 Å². The molecule has 1 saturated carbocycles. The molecular formula is C21H36N4O3S. The lowest BCUT2D eigenvalue weighted by molar-refractivity contribution is 0.138. The number of nitrogens with zero attached hydrogens (tertiary/aromatic N) is 1. The van der Waals surface area contributed by atoms with Crippen LogP contribution in [0.2, 0.25) is 0 Å². The molecule has 164 valence electrons. The molecule has 1 fully saturated rings. The molecule has 0 amide bonds. The molecule has 0 spiro atoms. The molecule has 0 radical (unpaired) electrons. The summed E-state index contributed by atoms with van der Waals surface area (Å²) in [6.45, 7) is 5.02. The number of aliphatic imine (C=N–C) groups is 1. The largest absolute Gasteiger partial charge is 0.385 e. The van der Waals surface area contributed by atoms with Crippen molar-refractivity contribution in [1.82, 2.24) is 15.4 Å². The highest BCUT2D eigenvalue weighted by atomic mass is 32.2. The third-order valence-electron chi connectivity index (χ3n) is 5.55. The summed E-state index contributed by atoms with van der Waals surface area (Å²) in [5, 5.41) is 6.84. The Labute approximate surface area is 175 Å². The number of guanidine groups is 1. The van der Waals surface area contributed by atoms with Crippen LogP contribution >= 0.6 is 0 Å². The van der Waals surface area contributed by atoms with E-state index >= 15 is 0 Å². The van der Waals surface area contributed by atoms with E-state index in [2.05, 4.69) is 22.3 Å². The first-order valence-corrected chi connectivity index (χ1v) is 12.1. The van der Waals surface area contributed by atoms with Gasteiger partial charge in [-0.2, -0.15) is 0 Å². The summed E-state index contributed by atoms with van der Waals surface area (Å²) in [6.07, 6.45) is 6.08. The quantitative estimate of drug-likeness (QED) is 0.375. The Morgan fingerprint density at radius 1 is 1.21 bits per heavy atom. The lowest BCUT2D eigenvalue weighted by Gasteiger charge is -2.30. The Bertz CT molecular complexity index is 759. The number of benzene rings is 1. The summed E-state index contributed by atoms with van der Waals surface area (Å²) in [6, 6.07) is 7.58. The number of rotatable bonds is 11. The van der Waals surface area contributed by atoms with Gasteiger partial charge < -0.3 is 15.4 Å². The summed E-state index contributed by atoms with van der Waals surface area (Å²) in [7, 11) is -0.0890. The zero-order valence-electron chi connectivity index (χ0n) is 18.0. The minimum atomic E-state index is -3.28. The SMILES string of the molecule is CCNC(=NCc1cccc(CS(=O)(=O)NC)c1)NCC1(CCOC)CCCC1. The fourth-order valence-electron chi connectivity index (χ4n) is 3.85. The molecule has 1 aliphatic carbocycles. The molecule has 0 atom stereocenters. The minimum Gasteiger partial charge on any atom is -0.385 e. The summed E-state index contributed by atoms with van der Waals surface area (Å²) in [5.41, 5.74) is 2.03. The van der Waals surface area contributed by atoms with Gasteiger partial charge in [-0.3, -0.25) is 0 Å². The Hall–Kier alpha value is -1.64. The van der Waals surface area contributed by atoms with Crippen LogP contribution in [0.1, 0.15) is 50.2 Å². The molecule has 0 bridgehead atoms. The molecular weight excluding hydrogens is 388 g/mol. The first kappa shape index (κ1) is 23.6. The maximum atomic E-state index is 11.8. The number of sulfonamides is 1. The number of methoxy groups -OCH3 is 1. The van der Waals surface area contributed by atoms with E-state index in [4.69, 9.17) is 9.73 Å². The first-order valence-electron chi connectivity index (χ1n) is 10.4. The molecule has 0 saturated heterocycles. The van der Waals surface area contributed by atoms with Gasteiger partial charge in [-0.05, 0) is 49.8 Å². The van der Waals surface area contributed by atoms with Gasteiger partial charge in [-0.25, -0.2) is 18.1 Å². The van der Waals surface area contributed by atoms with Crippen LogP contribution in [0.3, 0.4) is 0 Å². The molecule has 1 aromatic carbocycles. The van der Waals surface area contributed by atoms with Crippen molar-refractivity contribution in [3.8, 4) is 0 Å². The molecule has 1 aromatic rings. The Morgan fingerprint density at radius 2 is 1.93 bits per heavy atom. The molecule has 0 heterocycles. The Balaban J connectivity index is 2.01. The van der Waals surface area contributed by atoms with Gasteiger partial charge in [0, 0.05) is 26.8 Å². The van der Waals surface area contributed by atoms with E-state index in [-0.39, 0.29) is 11.2 Å². The van der Waals surface area contributed by atoms with E-state index in [9.17, 15) is 8.42 Å². The van der Waals surface area contributed by atoms with Gasteiger partial charge >= 0.3 is 0 Å². The van der Waals surface area contributed by atoms with Crippen LogP contribution in [0.4, 0.5) is 0 Å². The predicted molar refractivity (Wildman–Crippen MR) is 118 cm³/mol. The summed E-state index contributed by atoms with van der Waals surface area (Å²) >= 11 is 0. The van der Waals surface area contributed by atoms with Crippen LogP contribution in [0.5, 0.6) is 0 Å². The number of nitrogens with one attached hydrogen (secondary N) is 3.